The lowest BCUT2D eigenvalue weighted by atomic mass is 10.3. The molecule has 5 nitrogen and oxygen atoms in total. The van der Waals surface area contributed by atoms with E-state index in [4.69, 9.17) is 4.74 Å². The van der Waals surface area contributed by atoms with Crippen molar-refractivity contribution in [2.24, 2.45) is 0 Å². The molecule has 0 amide bonds. The maximum Gasteiger partial charge on any atom is 0.265 e. The van der Waals surface area contributed by atoms with Gasteiger partial charge in [-0.2, -0.15) is 4.98 Å². The molecule has 0 unspecified atom stereocenters. The Morgan fingerprint density at radius 3 is 3.05 bits per heavy atom. The summed E-state index contributed by atoms with van der Waals surface area (Å²) < 4.78 is 21.9. The molecular weight excluding hydrogens is 339 g/mol. The minimum absolute atomic E-state index is 0.101. The van der Waals surface area contributed by atoms with Crippen molar-refractivity contribution in [3.05, 3.63) is 47.1 Å². The first-order chi connectivity index (χ1) is 10.2. The Morgan fingerprint density at radius 1 is 1.43 bits per heavy atom. The third-order valence-corrected chi connectivity index (χ3v) is 3.30. The number of imidazole rings is 1. The molecule has 0 aliphatic rings. The molecule has 2 aromatic heterocycles. The predicted octanol–water partition coefficient (Wildman–Crippen LogP) is 3.86. The van der Waals surface area contributed by atoms with Gasteiger partial charge in [-0.15, -0.1) is 0 Å². The second-order valence-corrected chi connectivity index (χ2v) is 5.21. The van der Waals surface area contributed by atoms with Crippen molar-refractivity contribution in [1.82, 2.24) is 14.4 Å². The summed E-state index contributed by atoms with van der Waals surface area (Å²) in [4.78, 5) is 8.51. The molecule has 1 aromatic carbocycles. The smallest absolute Gasteiger partial charge is 0.265 e. The zero-order valence-electron chi connectivity index (χ0n) is 11.2. The van der Waals surface area contributed by atoms with Crippen LogP contribution in [0.5, 0.6) is 11.6 Å². The maximum atomic E-state index is 13.9. The monoisotopic (exact) mass is 350 g/mol. The summed E-state index contributed by atoms with van der Waals surface area (Å²) >= 11 is 3.21. The topological polar surface area (TPSA) is 51.5 Å². The number of halogens is 2. The highest BCUT2D eigenvalue weighted by atomic mass is 79.9. The average Bonchev–Trinajstić information content (AvgIpc) is 2.91. The Labute approximate surface area is 128 Å². The second-order valence-electron chi connectivity index (χ2n) is 4.30. The van der Waals surface area contributed by atoms with E-state index in [1.807, 2.05) is 6.92 Å². The van der Waals surface area contributed by atoms with Crippen molar-refractivity contribution in [2.75, 3.05) is 11.9 Å². The fourth-order valence-corrected chi connectivity index (χ4v) is 2.23. The lowest BCUT2D eigenvalue weighted by Gasteiger charge is -2.10. The van der Waals surface area contributed by atoms with Gasteiger partial charge in [0.2, 0.25) is 5.65 Å². The van der Waals surface area contributed by atoms with Crippen molar-refractivity contribution in [3.63, 3.8) is 0 Å². The van der Waals surface area contributed by atoms with Crippen LogP contribution in [0.3, 0.4) is 0 Å². The number of aromatic nitrogens is 3. The van der Waals surface area contributed by atoms with Crippen LogP contribution in [-0.4, -0.2) is 20.9 Å². The molecular formula is C14H12BrFN4O. The number of hydrogen-bond acceptors (Lipinski definition) is 4. The van der Waals surface area contributed by atoms with Crippen molar-refractivity contribution in [2.45, 2.75) is 6.92 Å². The summed E-state index contributed by atoms with van der Waals surface area (Å²) in [5.41, 5.74) is 0.527. The van der Waals surface area contributed by atoms with Crippen LogP contribution in [0, 0.1) is 5.82 Å². The number of fused-ring (bicyclic) bond motifs is 1. The quantitative estimate of drug-likeness (QED) is 0.776. The van der Waals surface area contributed by atoms with E-state index in [0.717, 1.165) is 6.54 Å². The molecule has 0 spiro atoms. The van der Waals surface area contributed by atoms with Crippen molar-refractivity contribution >= 4 is 27.4 Å². The first kappa shape index (κ1) is 13.8. The molecule has 0 aliphatic heterocycles. The zero-order chi connectivity index (χ0) is 14.8. The van der Waals surface area contributed by atoms with Crippen LogP contribution < -0.4 is 10.1 Å². The number of ether oxygens (including phenoxy) is 1. The predicted molar refractivity (Wildman–Crippen MR) is 81.3 cm³/mol. The molecule has 3 rings (SSSR count). The first-order valence-corrected chi connectivity index (χ1v) is 7.17. The van der Waals surface area contributed by atoms with E-state index in [-0.39, 0.29) is 11.6 Å². The number of benzene rings is 1. The Kier molecular flexibility index (Phi) is 3.74. The maximum absolute atomic E-state index is 13.9. The third-order valence-electron chi connectivity index (χ3n) is 2.80. The molecule has 7 heteroatoms. The van der Waals surface area contributed by atoms with E-state index in [9.17, 15) is 4.39 Å². The lowest BCUT2D eigenvalue weighted by molar-refractivity contribution is 0.429. The summed E-state index contributed by atoms with van der Waals surface area (Å²) in [5.74, 6) is 0.518. The van der Waals surface area contributed by atoms with E-state index in [2.05, 4.69) is 31.2 Å². The van der Waals surface area contributed by atoms with Gasteiger partial charge in [0, 0.05) is 23.4 Å². The Balaban J connectivity index is 2.04. The summed E-state index contributed by atoms with van der Waals surface area (Å²) in [6.45, 7) is 2.69. The van der Waals surface area contributed by atoms with Gasteiger partial charge in [-0.25, -0.2) is 9.37 Å². The second kappa shape index (κ2) is 5.69. The van der Waals surface area contributed by atoms with E-state index in [1.54, 1.807) is 35.1 Å². The van der Waals surface area contributed by atoms with Crippen molar-refractivity contribution in [3.8, 4) is 11.6 Å². The summed E-state index contributed by atoms with van der Waals surface area (Å²) in [6.07, 6.45) is 5.22. The van der Waals surface area contributed by atoms with E-state index >= 15 is 0 Å². The molecule has 2 heterocycles. The van der Waals surface area contributed by atoms with E-state index in [1.165, 1.54) is 6.07 Å². The van der Waals surface area contributed by atoms with Crippen LogP contribution in [-0.2, 0) is 0 Å². The Hall–Kier alpha value is -2.15. The highest BCUT2D eigenvalue weighted by Crippen LogP contribution is 2.28. The molecule has 0 radical (unpaired) electrons. The highest BCUT2D eigenvalue weighted by Gasteiger charge is 2.12. The number of nitrogens with zero attached hydrogens (tertiary/aromatic N) is 3. The molecule has 0 saturated carbocycles. The Bertz CT molecular complexity index is 790. The van der Waals surface area contributed by atoms with Gasteiger partial charge < -0.3 is 10.1 Å². The van der Waals surface area contributed by atoms with Gasteiger partial charge in [0.15, 0.2) is 11.6 Å². The molecule has 21 heavy (non-hydrogen) atoms. The molecule has 3 aromatic rings. The van der Waals surface area contributed by atoms with Crippen molar-refractivity contribution in [1.29, 1.82) is 0 Å². The van der Waals surface area contributed by atoms with Gasteiger partial charge in [0.25, 0.3) is 5.88 Å². The van der Waals surface area contributed by atoms with Crippen molar-refractivity contribution < 1.29 is 9.13 Å². The zero-order valence-corrected chi connectivity index (χ0v) is 12.8. The fraction of sp³-hybridized carbons (Fsp3) is 0.143. The summed E-state index contributed by atoms with van der Waals surface area (Å²) in [7, 11) is 0. The molecule has 0 fully saturated rings. The summed E-state index contributed by atoms with van der Waals surface area (Å²) in [5, 5.41) is 3.10. The van der Waals surface area contributed by atoms with Gasteiger partial charge in [-0.05, 0) is 25.1 Å². The highest BCUT2D eigenvalue weighted by molar-refractivity contribution is 9.10. The Morgan fingerprint density at radius 2 is 2.29 bits per heavy atom. The lowest BCUT2D eigenvalue weighted by Crippen LogP contribution is -2.03. The van der Waals surface area contributed by atoms with Crippen LogP contribution in [0.1, 0.15) is 6.92 Å². The SMILES string of the molecule is CCNc1cn2ccnc2c(Oc2ccc(Br)cc2F)n1. The molecule has 108 valence electrons. The van der Waals surface area contributed by atoms with Gasteiger partial charge in [0.05, 0.1) is 6.20 Å². The van der Waals surface area contributed by atoms with E-state index in [0.29, 0.717) is 15.9 Å². The number of rotatable bonds is 4. The fourth-order valence-electron chi connectivity index (χ4n) is 1.90. The largest absolute Gasteiger partial charge is 0.433 e. The van der Waals surface area contributed by atoms with Gasteiger partial charge in [-0.1, -0.05) is 15.9 Å². The number of hydrogen-bond donors (Lipinski definition) is 1. The van der Waals surface area contributed by atoms with Gasteiger partial charge in [0.1, 0.15) is 5.82 Å². The number of anilines is 1. The van der Waals surface area contributed by atoms with Crippen LogP contribution in [0.4, 0.5) is 10.2 Å². The minimum atomic E-state index is -0.468. The minimum Gasteiger partial charge on any atom is -0.433 e. The summed E-state index contributed by atoms with van der Waals surface area (Å²) in [6, 6.07) is 4.59. The molecule has 0 aliphatic carbocycles. The van der Waals surface area contributed by atoms with E-state index < -0.39 is 5.82 Å². The van der Waals surface area contributed by atoms with Gasteiger partial charge >= 0.3 is 0 Å². The molecule has 1 N–H and O–H groups in total. The first-order valence-electron chi connectivity index (χ1n) is 6.38. The van der Waals surface area contributed by atoms with Crippen LogP contribution in [0.15, 0.2) is 41.3 Å². The van der Waals surface area contributed by atoms with Crippen LogP contribution in [0.2, 0.25) is 0 Å². The molecule has 0 atom stereocenters. The third kappa shape index (κ3) is 2.82. The average molecular weight is 351 g/mol. The number of nitrogens with one attached hydrogen (secondary N) is 1. The molecule has 0 saturated heterocycles. The standard InChI is InChI=1S/C14H12BrFN4O/c1-2-17-12-8-20-6-5-18-13(20)14(19-12)21-11-4-3-9(15)7-10(11)16/h3-8,17H,2H2,1H3. The van der Waals surface area contributed by atoms with Gasteiger partial charge in [-0.3, -0.25) is 4.40 Å². The van der Waals surface area contributed by atoms with Crippen LogP contribution in [0.25, 0.3) is 5.65 Å². The normalized spacial score (nSPS) is 10.8. The molecule has 0 bridgehead atoms. The van der Waals surface area contributed by atoms with Crippen LogP contribution >= 0.6 is 15.9 Å².